The summed E-state index contributed by atoms with van der Waals surface area (Å²) in [4.78, 5) is 11.3. The van der Waals surface area contributed by atoms with Gasteiger partial charge in [0.05, 0.1) is 21.3 Å². The molecule has 0 saturated carbocycles. The molecular weight excluding hydrogens is 211 g/mol. The van der Waals surface area contributed by atoms with Crippen LogP contribution in [0, 0.1) is 0 Å². The number of hydrogen-bond acceptors (Lipinski definition) is 4. The third kappa shape index (κ3) is 3.26. The zero-order chi connectivity index (χ0) is 11.4. The van der Waals surface area contributed by atoms with Gasteiger partial charge in [0, 0.05) is 13.1 Å². The van der Waals surface area contributed by atoms with Crippen LogP contribution in [0.15, 0.2) is 11.9 Å². The summed E-state index contributed by atoms with van der Waals surface area (Å²) in [6.45, 7) is 8.36. The van der Waals surface area contributed by atoms with Gasteiger partial charge in [0.15, 0.2) is 0 Å². The Morgan fingerprint density at radius 3 is 2.40 bits per heavy atom. The average Bonchev–Trinajstić information content (AvgIpc) is 2.46. The second-order valence-electron chi connectivity index (χ2n) is 3.60. The van der Waals surface area contributed by atoms with E-state index in [2.05, 4.69) is 30.0 Å². The number of ether oxygens (including phenoxy) is 1. The third-order valence-electron chi connectivity index (χ3n) is 2.33. The highest BCUT2D eigenvalue weighted by Crippen LogP contribution is 2.53. The lowest BCUT2D eigenvalue weighted by molar-refractivity contribution is -0.142. The van der Waals surface area contributed by atoms with Crippen LogP contribution in [0.25, 0.3) is 0 Å². The van der Waals surface area contributed by atoms with Crippen LogP contribution in [-0.2, 0) is 9.53 Å². The third-order valence-corrected chi connectivity index (χ3v) is 4.75. The molecule has 1 aliphatic rings. The summed E-state index contributed by atoms with van der Waals surface area (Å²) in [5.74, 6) is -0.168. The summed E-state index contributed by atoms with van der Waals surface area (Å²) in [5.41, 5.74) is 0. The minimum atomic E-state index is -0.501. The Labute approximate surface area is 92.7 Å². The predicted octanol–water partition coefficient (Wildman–Crippen LogP) is 1.64. The highest BCUT2D eigenvalue weighted by atomic mass is 31.1. The van der Waals surface area contributed by atoms with Gasteiger partial charge in [0.2, 0.25) is 0 Å². The second-order valence-corrected chi connectivity index (χ2v) is 6.18. The first-order valence-corrected chi connectivity index (χ1v) is 6.36. The molecule has 1 heterocycles. The maximum Gasteiger partial charge on any atom is 0.310 e. The molecule has 0 bridgehead atoms. The van der Waals surface area contributed by atoms with E-state index in [-0.39, 0.29) is 5.97 Å². The van der Waals surface area contributed by atoms with Gasteiger partial charge < -0.3 is 4.74 Å². The highest BCUT2D eigenvalue weighted by molar-refractivity contribution is 7.57. The van der Waals surface area contributed by atoms with Gasteiger partial charge in [-0.25, -0.2) is 0 Å². The molecule has 1 saturated heterocycles. The standard InChI is InChI=1S/C10H19N2O2P/c1-5-14-10(13)8-9(2)15-11(3)6-7-12(15)4/h2,5-8H2,1,3-4H3. The number of carbonyl (C=O) groups excluding carboxylic acids is 1. The number of nitrogens with zero attached hydrogens (tertiary/aromatic N) is 2. The lowest BCUT2D eigenvalue weighted by Gasteiger charge is -2.25. The number of rotatable bonds is 4. The molecule has 0 aliphatic carbocycles. The minimum Gasteiger partial charge on any atom is -0.466 e. The fourth-order valence-corrected chi connectivity index (χ4v) is 3.99. The predicted molar refractivity (Wildman–Crippen MR) is 62.6 cm³/mol. The molecule has 4 nitrogen and oxygen atoms in total. The number of hydrogen-bond donors (Lipinski definition) is 0. The molecule has 0 N–H and O–H groups in total. The van der Waals surface area contributed by atoms with Crippen LogP contribution in [0.4, 0.5) is 0 Å². The van der Waals surface area contributed by atoms with Crippen LogP contribution in [0.1, 0.15) is 13.3 Å². The second kappa shape index (κ2) is 5.59. The van der Waals surface area contributed by atoms with E-state index in [1.807, 2.05) is 6.92 Å². The van der Waals surface area contributed by atoms with E-state index < -0.39 is 8.22 Å². The average molecular weight is 230 g/mol. The molecule has 0 atom stereocenters. The molecule has 0 radical (unpaired) electrons. The summed E-state index contributed by atoms with van der Waals surface area (Å²) in [5, 5.41) is 0.978. The van der Waals surface area contributed by atoms with Crippen molar-refractivity contribution in [1.29, 1.82) is 0 Å². The van der Waals surface area contributed by atoms with E-state index in [9.17, 15) is 4.79 Å². The Morgan fingerprint density at radius 1 is 1.40 bits per heavy atom. The van der Waals surface area contributed by atoms with Crippen LogP contribution in [0.2, 0.25) is 0 Å². The topological polar surface area (TPSA) is 32.8 Å². The smallest absolute Gasteiger partial charge is 0.310 e. The van der Waals surface area contributed by atoms with Crippen molar-refractivity contribution >= 4 is 14.2 Å². The fourth-order valence-electron chi connectivity index (χ4n) is 1.67. The van der Waals surface area contributed by atoms with Gasteiger partial charge >= 0.3 is 5.97 Å². The Kier molecular flexibility index (Phi) is 4.71. The van der Waals surface area contributed by atoms with Crippen molar-refractivity contribution in [3.8, 4) is 0 Å². The van der Waals surface area contributed by atoms with Crippen LogP contribution in [-0.4, -0.2) is 49.1 Å². The van der Waals surface area contributed by atoms with Gasteiger partial charge in [-0.3, -0.25) is 14.1 Å². The zero-order valence-electron chi connectivity index (χ0n) is 9.69. The molecule has 5 heteroatoms. The minimum absolute atomic E-state index is 0.168. The molecule has 15 heavy (non-hydrogen) atoms. The molecule has 0 spiro atoms. The van der Waals surface area contributed by atoms with Gasteiger partial charge in [0.25, 0.3) is 0 Å². The summed E-state index contributed by atoms with van der Waals surface area (Å²) in [7, 11) is 3.65. The molecular formula is C10H19N2O2P. The van der Waals surface area contributed by atoms with Crippen LogP contribution >= 0.6 is 8.22 Å². The van der Waals surface area contributed by atoms with Gasteiger partial charge in [-0.15, -0.1) is 0 Å². The van der Waals surface area contributed by atoms with Crippen LogP contribution in [0.3, 0.4) is 0 Å². The maximum absolute atomic E-state index is 11.3. The normalized spacial score (nSPS) is 19.4. The Morgan fingerprint density at radius 2 is 1.93 bits per heavy atom. The molecule has 0 unspecified atom stereocenters. The Bertz CT molecular complexity index is 248. The first-order valence-electron chi connectivity index (χ1n) is 5.12. The molecule has 0 aromatic heterocycles. The fraction of sp³-hybridized carbons (Fsp3) is 0.700. The van der Waals surface area contributed by atoms with E-state index in [0.29, 0.717) is 13.0 Å². The highest BCUT2D eigenvalue weighted by Gasteiger charge is 2.29. The van der Waals surface area contributed by atoms with E-state index in [1.165, 1.54) is 0 Å². The van der Waals surface area contributed by atoms with Crippen molar-refractivity contribution in [2.45, 2.75) is 13.3 Å². The molecule has 0 amide bonds. The first-order chi connectivity index (χ1) is 7.06. The summed E-state index contributed by atoms with van der Waals surface area (Å²) < 4.78 is 9.44. The van der Waals surface area contributed by atoms with Crippen molar-refractivity contribution in [3.63, 3.8) is 0 Å². The maximum atomic E-state index is 11.3. The molecule has 1 aliphatic heterocycles. The van der Waals surface area contributed by atoms with Crippen molar-refractivity contribution in [3.05, 3.63) is 11.9 Å². The molecule has 0 aromatic rings. The lowest BCUT2D eigenvalue weighted by atomic mass is 10.4. The number of carbonyl (C=O) groups is 1. The summed E-state index contributed by atoms with van der Waals surface area (Å²) in [6, 6.07) is 0. The van der Waals surface area contributed by atoms with Gasteiger partial charge in [-0.1, -0.05) is 6.58 Å². The van der Waals surface area contributed by atoms with Crippen molar-refractivity contribution in [2.75, 3.05) is 33.8 Å². The van der Waals surface area contributed by atoms with Crippen molar-refractivity contribution < 1.29 is 9.53 Å². The van der Waals surface area contributed by atoms with E-state index in [4.69, 9.17) is 4.74 Å². The Hall–Kier alpha value is -0.440. The van der Waals surface area contributed by atoms with Gasteiger partial charge in [-0.2, -0.15) is 0 Å². The quantitative estimate of drug-likeness (QED) is 0.543. The van der Waals surface area contributed by atoms with E-state index in [0.717, 1.165) is 18.4 Å². The first kappa shape index (κ1) is 12.6. The SMILES string of the molecule is C=C(CC(=O)OCC)P1N(C)CCN1C. The van der Waals surface area contributed by atoms with Gasteiger partial charge in [0.1, 0.15) is 0 Å². The van der Waals surface area contributed by atoms with Crippen LogP contribution < -0.4 is 0 Å². The van der Waals surface area contributed by atoms with Gasteiger partial charge in [-0.05, 0) is 26.3 Å². The summed E-state index contributed by atoms with van der Waals surface area (Å²) >= 11 is 0. The molecule has 1 rings (SSSR count). The van der Waals surface area contributed by atoms with E-state index in [1.54, 1.807) is 0 Å². The van der Waals surface area contributed by atoms with Crippen molar-refractivity contribution in [2.24, 2.45) is 0 Å². The molecule has 1 fully saturated rings. The van der Waals surface area contributed by atoms with E-state index >= 15 is 0 Å². The number of esters is 1. The Balaban J connectivity index is 2.49. The molecule has 86 valence electrons. The van der Waals surface area contributed by atoms with Crippen molar-refractivity contribution in [1.82, 2.24) is 9.34 Å². The van der Waals surface area contributed by atoms with Crippen LogP contribution in [0.5, 0.6) is 0 Å². The zero-order valence-corrected chi connectivity index (χ0v) is 10.6. The lowest BCUT2D eigenvalue weighted by Crippen LogP contribution is -2.12. The monoisotopic (exact) mass is 230 g/mol. The largest absolute Gasteiger partial charge is 0.466 e. The summed E-state index contributed by atoms with van der Waals surface area (Å²) in [6.07, 6.45) is 0.341. The number of likely N-dealkylation sites (N-methyl/N-ethyl adjacent to an activating group) is 2. The molecule has 0 aromatic carbocycles.